The lowest BCUT2D eigenvalue weighted by molar-refractivity contribution is -0.157. The molecule has 0 aromatic carbocycles. The van der Waals surface area contributed by atoms with Crippen molar-refractivity contribution in [3.63, 3.8) is 0 Å². The summed E-state index contributed by atoms with van der Waals surface area (Å²) in [5, 5.41) is 9.65. The maximum absolute atomic E-state index is 12.8. The minimum absolute atomic E-state index is 0.0778. The number of rotatable bonds is 5. The van der Waals surface area contributed by atoms with E-state index in [4.69, 9.17) is 9.47 Å². The molecule has 2 atom stereocenters. The molecule has 0 unspecified atom stereocenters. The number of aliphatic carboxylic acids is 1. The van der Waals surface area contributed by atoms with Crippen LogP contribution in [0.4, 0.5) is 0 Å². The molecule has 6 heteroatoms. The number of hydrogen-bond acceptors (Lipinski definition) is 4. The van der Waals surface area contributed by atoms with Crippen LogP contribution < -0.4 is 0 Å². The zero-order valence-electron chi connectivity index (χ0n) is 12.5. The summed E-state index contributed by atoms with van der Waals surface area (Å²) < 4.78 is 10.5. The third-order valence-electron chi connectivity index (χ3n) is 5.51. The zero-order chi connectivity index (χ0) is 15.1. The van der Waals surface area contributed by atoms with Gasteiger partial charge in [-0.1, -0.05) is 0 Å². The molecule has 1 saturated carbocycles. The molecule has 2 saturated heterocycles. The third-order valence-corrected chi connectivity index (χ3v) is 5.51. The quantitative estimate of drug-likeness (QED) is 0.810. The topological polar surface area (TPSA) is 76.1 Å². The summed E-state index contributed by atoms with van der Waals surface area (Å²) >= 11 is 0. The number of ether oxygens (including phenoxy) is 2. The second-order valence-electron chi connectivity index (χ2n) is 6.69. The van der Waals surface area contributed by atoms with Crippen LogP contribution in [0.15, 0.2) is 0 Å². The van der Waals surface area contributed by atoms with Crippen LogP contribution in [0.5, 0.6) is 0 Å². The fraction of sp³-hybridized carbons (Fsp3) is 0.867. The smallest absolute Gasteiger partial charge is 0.311 e. The number of carbonyl (C=O) groups is 2. The summed E-state index contributed by atoms with van der Waals surface area (Å²) in [6, 6.07) is 0. The van der Waals surface area contributed by atoms with E-state index >= 15 is 0 Å². The molecule has 0 aromatic heterocycles. The molecule has 0 aromatic rings. The highest BCUT2D eigenvalue weighted by Gasteiger charge is 2.59. The van der Waals surface area contributed by atoms with Gasteiger partial charge in [-0.3, -0.25) is 9.59 Å². The van der Waals surface area contributed by atoms with Crippen molar-refractivity contribution < 1.29 is 24.2 Å². The van der Waals surface area contributed by atoms with Crippen molar-refractivity contribution in [2.45, 2.75) is 25.7 Å². The van der Waals surface area contributed by atoms with E-state index in [2.05, 4.69) is 0 Å². The maximum atomic E-state index is 12.8. The fourth-order valence-corrected chi connectivity index (χ4v) is 3.81. The van der Waals surface area contributed by atoms with Crippen LogP contribution in [0, 0.1) is 16.7 Å². The number of amides is 1. The molecule has 0 radical (unpaired) electrons. The van der Waals surface area contributed by atoms with Gasteiger partial charge in [-0.25, -0.2) is 0 Å². The fourth-order valence-electron chi connectivity index (χ4n) is 3.81. The summed E-state index contributed by atoms with van der Waals surface area (Å²) in [5.74, 6) is -0.742. The van der Waals surface area contributed by atoms with Crippen LogP contribution in [-0.4, -0.2) is 61.9 Å². The molecule has 1 amide bonds. The number of carbonyl (C=O) groups excluding carboxylic acids is 1. The average molecular weight is 297 g/mol. The molecular formula is C15H23NO5. The number of fused-ring (bicyclic) bond motifs is 1. The Kier molecular flexibility index (Phi) is 3.69. The van der Waals surface area contributed by atoms with E-state index in [1.165, 1.54) is 0 Å². The lowest BCUT2D eigenvalue weighted by atomic mass is 9.74. The van der Waals surface area contributed by atoms with E-state index in [-0.39, 0.29) is 17.2 Å². The summed E-state index contributed by atoms with van der Waals surface area (Å²) in [6.45, 7) is 2.35. The van der Waals surface area contributed by atoms with E-state index in [0.29, 0.717) is 39.3 Å². The minimum atomic E-state index is -0.800. The van der Waals surface area contributed by atoms with Gasteiger partial charge in [0.25, 0.3) is 0 Å². The number of carboxylic acids is 1. The molecule has 0 bridgehead atoms. The average Bonchev–Trinajstić information content (AvgIpc) is 3.16. The first-order valence-electron chi connectivity index (χ1n) is 7.64. The molecule has 3 aliphatic rings. The molecule has 6 nitrogen and oxygen atoms in total. The van der Waals surface area contributed by atoms with Gasteiger partial charge in [0.1, 0.15) is 0 Å². The third kappa shape index (κ3) is 2.34. The van der Waals surface area contributed by atoms with E-state index < -0.39 is 11.4 Å². The van der Waals surface area contributed by atoms with Crippen molar-refractivity contribution in [1.82, 2.24) is 4.90 Å². The van der Waals surface area contributed by atoms with Gasteiger partial charge in [-0.15, -0.1) is 0 Å². The number of carboxylic acid groups (broad SMARTS) is 1. The van der Waals surface area contributed by atoms with Gasteiger partial charge < -0.3 is 19.5 Å². The summed E-state index contributed by atoms with van der Waals surface area (Å²) in [4.78, 5) is 26.3. The highest BCUT2D eigenvalue weighted by atomic mass is 16.5. The molecule has 0 spiro atoms. The van der Waals surface area contributed by atoms with Crippen LogP contribution in [0.3, 0.4) is 0 Å². The van der Waals surface area contributed by atoms with Crippen LogP contribution in [0.1, 0.15) is 25.7 Å². The van der Waals surface area contributed by atoms with Crippen molar-refractivity contribution >= 4 is 11.9 Å². The monoisotopic (exact) mass is 297 g/mol. The van der Waals surface area contributed by atoms with Crippen LogP contribution >= 0.6 is 0 Å². The number of likely N-dealkylation sites (tertiary alicyclic amines) is 1. The standard InChI is InChI=1S/C15H23NO5/c1-20-6-4-14(2-3-14)12(17)16-8-11-9-21-7-5-15(11,10-16)13(18)19/h11H,2-10H2,1H3,(H,18,19)/t11-,15+/m0/s1. The second kappa shape index (κ2) is 5.25. The first kappa shape index (κ1) is 14.8. The van der Waals surface area contributed by atoms with E-state index in [1.807, 2.05) is 0 Å². The highest BCUT2D eigenvalue weighted by Crippen LogP contribution is 2.52. The first-order valence-corrected chi connectivity index (χ1v) is 7.64. The first-order chi connectivity index (χ1) is 10.0. The summed E-state index contributed by atoms with van der Waals surface area (Å²) in [5.41, 5.74) is -1.09. The Balaban J connectivity index is 1.73. The molecular weight excluding hydrogens is 274 g/mol. The van der Waals surface area contributed by atoms with E-state index in [0.717, 1.165) is 19.3 Å². The second-order valence-corrected chi connectivity index (χ2v) is 6.69. The Morgan fingerprint density at radius 2 is 2.14 bits per heavy atom. The van der Waals surface area contributed by atoms with Crippen LogP contribution in [-0.2, 0) is 19.1 Å². The van der Waals surface area contributed by atoms with Crippen LogP contribution in [0.2, 0.25) is 0 Å². The van der Waals surface area contributed by atoms with Crippen molar-refractivity contribution in [3.8, 4) is 0 Å². The normalized spacial score (nSPS) is 33.6. The van der Waals surface area contributed by atoms with Gasteiger partial charge in [0.05, 0.1) is 17.4 Å². The number of methoxy groups -OCH3 is 1. The zero-order valence-corrected chi connectivity index (χ0v) is 12.5. The Morgan fingerprint density at radius 3 is 2.71 bits per heavy atom. The van der Waals surface area contributed by atoms with E-state index in [1.54, 1.807) is 12.0 Å². The molecule has 3 rings (SSSR count). The van der Waals surface area contributed by atoms with Gasteiger partial charge in [0, 0.05) is 39.3 Å². The largest absolute Gasteiger partial charge is 0.481 e. The predicted molar refractivity (Wildman–Crippen MR) is 73.7 cm³/mol. The predicted octanol–water partition coefficient (Wildman–Crippen LogP) is 0.753. The van der Waals surface area contributed by atoms with Gasteiger partial charge in [0.15, 0.2) is 0 Å². The van der Waals surface area contributed by atoms with Gasteiger partial charge in [-0.05, 0) is 25.7 Å². The molecule has 3 fully saturated rings. The Bertz CT molecular complexity index is 447. The van der Waals surface area contributed by atoms with Crippen molar-refractivity contribution in [2.75, 3.05) is 40.0 Å². The Morgan fingerprint density at radius 1 is 1.38 bits per heavy atom. The van der Waals surface area contributed by atoms with Crippen LogP contribution in [0.25, 0.3) is 0 Å². The summed E-state index contributed by atoms with van der Waals surface area (Å²) in [7, 11) is 1.64. The van der Waals surface area contributed by atoms with Gasteiger partial charge in [0.2, 0.25) is 5.91 Å². The molecule has 2 heterocycles. The van der Waals surface area contributed by atoms with Crippen molar-refractivity contribution in [2.24, 2.45) is 16.7 Å². The van der Waals surface area contributed by atoms with E-state index in [9.17, 15) is 14.7 Å². The Hall–Kier alpha value is -1.14. The molecule has 118 valence electrons. The maximum Gasteiger partial charge on any atom is 0.311 e. The Labute approximate surface area is 124 Å². The number of hydrogen-bond donors (Lipinski definition) is 1. The molecule has 21 heavy (non-hydrogen) atoms. The summed E-state index contributed by atoms with van der Waals surface area (Å²) in [6.07, 6.45) is 3.03. The SMILES string of the molecule is COCCC1(C(=O)N2C[C@H]3COCC[C@@]3(C(=O)O)C2)CC1. The molecule has 1 aliphatic carbocycles. The molecule has 2 aliphatic heterocycles. The highest BCUT2D eigenvalue weighted by molar-refractivity contribution is 5.87. The lowest BCUT2D eigenvalue weighted by Crippen LogP contribution is -2.45. The van der Waals surface area contributed by atoms with Gasteiger partial charge >= 0.3 is 5.97 Å². The van der Waals surface area contributed by atoms with Crippen molar-refractivity contribution in [1.29, 1.82) is 0 Å². The van der Waals surface area contributed by atoms with Gasteiger partial charge in [-0.2, -0.15) is 0 Å². The van der Waals surface area contributed by atoms with Crippen molar-refractivity contribution in [3.05, 3.63) is 0 Å². The molecule has 1 N–H and O–H groups in total. The lowest BCUT2D eigenvalue weighted by Gasteiger charge is -2.34. The number of nitrogens with zero attached hydrogens (tertiary/aromatic N) is 1. The minimum Gasteiger partial charge on any atom is -0.481 e.